The van der Waals surface area contributed by atoms with E-state index in [0.29, 0.717) is 18.2 Å². The molecular weight excluding hydrogens is 271 g/mol. The third-order valence-corrected chi connectivity index (χ3v) is 2.98. The summed E-state index contributed by atoms with van der Waals surface area (Å²) in [6.07, 6.45) is -1.29. The predicted octanol–water partition coefficient (Wildman–Crippen LogP) is 2.95. The smallest absolute Gasteiger partial charge is 0.406 e. The van der Waals surface area contributed by atoms with Gasteiger partial charge in [0.1, 0.15) is 12.8 Å². The van der Waals surface area contributed by atoms with Crippen LogP contribution >= 0.6 is 0 Å². The van der Waals surface area contributed by atoms with Gasteiger partial charge in [0, 0.05) is 12.6 Å². The van der Waals surface area contributed by atoms with Crippen molar-refractivity contribution in [3.8, 4) is 0 Å². The van der Waals surface area contributed by atoms with Crippen molar-refractivity contribution in [2.75, 3.05) is 18.0 Å². The van der Waals surface area contributed by atoms with Gasteiger partial charge < -0.3 is 14.6 Å². The Kier molecular flexibility index (Phi) is 4.57. The highest BCUT2D eigenvalue weighted by atomic mass is 19.4. The molecule has 1 aliphatic carbocycles. The highest BCUT2D eigenvalue weighted by molar-refractivity contribution is 5.32. The van der Waals surface area contributed by atoms with Crippen molar-refractivity contribution in [3.63, 3.8) is 0 Å². The molecule has 1 aromatic heterocycles. The summed E-state index contributed by atoms with van der Waals surface area (Å²) in [6.45, 7) is 4.50. The van der Waals surface area contributed by atoms with Crippen LogP contribution in [0.25, 0.3) is 0 Å². The lowest BCUT2D eigenvalue weighted by atomic mass is 10.2. The van der Waals surface area contributed by atoms with Gasteiger partial charge in [-0.3, -0.25) is 0 Å². The molecule has 0 saturated heterocycles. The average Bonchev–Trinajstić information content (AvgIpc) is 3.05. The van der Waals surface area contributed by atoms with E-state index in [9.17, 15) is 13.2 Å². The minimum absolute atomic E-state index is 0.0752. The Morgan fingerprint density at radius 3 is 2.70 bits per heavy atom. The van der Waals surface area contributed by atoms with E-state index >= 15 is 0 Å². The molecule has 0 spiro atoms. The van der Waals surface area contributed by atoms with Gasteiger partial charge >= 0.3 is 6.18 Å². The third kappa shape index (κ3) is 4.70. The molecule has 0 amide bonds. The second kappa shape index (κ2) is 6.03. The molecule has 1 saturated carbocycles. The molecule has 0 aromatic carbocycles. The maximum absolute atomic E-state index is 12.6. The molecule has 114 valence electrons. The average molecular weight is 291 g/mol. The normalized spacial score (nSPS) is 15.9. The number of nitrogens with one attached hydrogen (secondary N) is 1. The van der Waals surface area contributed by atoms with Gasteiger partial charge in [0.15, 0.2) is 0 Å². The summed E-state index contributed by atoms with van der Waals surface area (Å²) in [4.78, 5) is 5.36. The molecule has 0 bridgehead atoms. The monoisotopic (exact) mass is 291 g/mol. The van der Waals surface area contributed by atoms with Gasteiger partial charge in [0.05, 0.1) is 5.69 Å². The molecule has 1 N–H and O–H groups in total. The lowest BCUT2D eigenvalue weighted by molar-refractivity contribution is -0.120. The highest BCUT2D eigenvalue weighted by Gasteiger charge is 2.40. The van der Waals surface area contributed by atoms with E-state index in [0.717, 1.165) is 19.4 Å². The number of alkyl halides is 3. The molecule has 1 aromatic rings. The Morgan fingerprint density at radius 2 is 2.15 bits per heavy atom. The number of rotatable bonds is 7. The van der Waals surface area contributed by atoms with E-state index in [2.05, 4.69) is 24.1 Å². The molecule has 1 fully saturated rings. The van der Waals surface area contributed by atoms with Gasteiger partial charge in [0.2, 0.25) is 0 Å². The first-order valence-electron chi connectivity index (χ1n) is 6.83. The van der Waals surface area contributed by atoms with Crippen molar-refractivity contribution in [2.24, 2.45) is 5.92 Å². The Morgan fingerprint density at radius 1 is 1.45 bits per heavy atom. The zero-order valence-electron chi connectivity index (χ0n) is 11.7. The van der Waals surface area contributed by atoms with Gasteiger partial charge in [-0.2, -0.15) is 18.2 Å². The number of nitrogens with zero attached hydrogens (tertiary/aromatic N) is 2. The van der Waals surface area contributed by atoms with E-state index in [1.54, 1.807) is 0 Å². The quantitative estimate of drug-likeness (QED) is 0.838. The Hall–Kier alpha value is -1.24. The van der Waals surface area contributed by atoms with Crippen molar-refractivity contribution >= 4 is 6.01 Å². The molecule has 4 nitrogen and oxygen atoms in total. The van der Waals surface area contributed by atoms with E-state index in [1.165, 1.54) is 11.2 Å². The van der Waals surface area contributed by atoms with Crippen molar-refractivity contribution in [1.82, 2.24) is 10.3 Å². The van der Waals surface area contributed by atoms with Crippen LogP contribution in [0.2, 0.25) is 0 Å². The molecule has 20 heavy (non-hydrogen) atoms. The van der Waals surface area contributed by atoms with E-state index in [4.69, 9.17) is 4.42 Å². The van der Waals surface area contributed by atoms with Gasteiger partial charge in [-0.25, -0.2) is 0 Å². The lowest BCUT2D eigenvalue weighted by Gasteiger charge is -2.21. The van der Waals surface area contributed by atoms with Gasteiger partial charge in [-0.05, 0) is 25.3 Å². The Balaban J connectivity index is 1.94. The summed E-state index contributed by atoms with van der Waals surface area (Å²) < 4.78 is 42.9. The fraction of sp³-hybridized carbons (Fsp3) is 0.769. The standard InChI is InChI=1S/C13H20F3N3O/c1-9(2)5-17-6-10-7-20-12(18-10)19(11-3-4-11)8-13(14,15)16/h7,9,11,17H,3-6,8H2,1-2H3. The summed E-state index contributed by atoms with van der Waals surface area (Å²) >= 11 is 0. The predicted molar refractivity (Wildman–Crippen MR) is 69.5 cm³/mol. The molecule has 0 atom stereocenters. The highest BCUT2D eigenvalue weighted by Crippen LogP contribution is 2.33. The maximum Gasteiger partial charge on any atom is 0.406 e. The summed E-state index contributed by atoms with van der Waals surface area (Å²) in [7, 11) is 0. The largest absolute Gasteiger partial charge is 0.432 e. The topological polar surface area (TPSA) is 41.3 Å². The number of oxazole rings is 1. The van der Waals surface area contributed by atoms with E-state index in [1.807, 2.05) is 0 Å². The molecule has 0 aliphatic heterocycles. The van der Waals surface area contributed by atoms with E-state index < -0.39 is 12.7 Å². The number of halogens is 3. The molecule has 1 heterocycles. The van der Waals surface area contributed by atoms with Gasteiger partial charge in [-0.15, -0.1) is 0 Å². The summed E-state index contributed by atoms with van der Waals surface area (Å²) in [6, 6.07) is -0.0158. The van der Waals surface area contributed by atoms with E-state index in [-0.39, 0.29) is 12.1 Å². The summed E-state index contributed by atoms with van der Waals surface area (Å²) in [5.74, 6) is 0.509. The Bertz CT molecular complexity index is 427. The van der Waals surface area contributed by atoms with Gasteiger partial charge in [-0.1, -0.05) is 13.8 Å². The number of anilines is 1. The number of hydrogen-bond donors (Lipinski definition) is 1. The minimum Gasteiger partial charge on any atom is -0.432 e. The minimum atomic E-state index is -4.24. The zero-order chi connectivity index (χ0) is 14.8. The van der Waals surface area contributed by atoms with Crippen LogP contribution in [0.1, 0.15) is 32.4 Å². The lowest BCUT2D eigenvalue weighted by Crippen LogP contribution is -2.36. The van der Waals surface area contributed by atoms with Crippen LogP contribution in [0.3, 0.4) is 0 Å². The second-order valence-electron chi connectivity index (χ2n) is 5.62. The Labute approximate surface area is 116 Å². The molecule has 2 rings (SSSR count). The van der Waals surface area contributed by atoms with Crippen LogP contribution < -0.4 is 10.2 Å². The maximum atomic E-state index is 12.6. The second-order valence-corrected chi connectivity index (χ2v) is 5.62. The number of hydrogen-bond acceptors (Lipinski definition) is 4. The fourth-order valence-electron chi connectivity index (χ4n) is 1.93. The van der Waals surface area contributed by atoms with Crippen LogP contribution in [0.5, 0.6) is 0 Å². The molecular formula is C13H20F3N3O. The first kappa shape index (κ1) is 15.2. The molecule has 0 radical (unpaired) electrons. The van der Waals surface area contributed by atoms with Crippen LogP contribution in [0.4, 0.5) is 19.2 Å². The van der Waals surface area contributed by atoms with Crippen LogP contribution in [-0.2, 0) is 6.54 Å². The molecule has 0 unspecified atom stereocenters. The number of aromatic nitrogens is 1. The SMILES string of the molecule is CC(C)CNCc1coc(N(CC(F)(F)F)C2CC2)n1. The molecule has 7 heteroatoms. The van der Waals surface area contributed by atoms with Crippen molar-refractivity contribution < 1.29 is 17.6 Å². The molecule has 1 aliphatic rings. The van der Waals surface area contributed by atoms with Crippen LogP contribution in [-0.4, -0.2) is 30.3 Å². The zero-order valence-corrected chi connectivity index (χ0v) is 11.7. The van der Waals surface area contributed by atoms with Crippen molar-refractivity contribution in [2.45, 2.75) is 45.5 Å². The first-order valence-corrected chi connectivity index (χ1v) is 6.83. The first-order chi connectivity index (χ1) is 9.35. The third-order valence-electron chi connectivity index (χ3n) is 2.98. The van der Waals surface area contributed by atoms with Crippen molar-refractivity contribution in [3.05, 3.63) is 12.0 Å². The van der Waals surface area contributed by atoms with Crippen LogP contribution in [0.15, 0.2) is 10.7 Å². The van der Waals surface area contributed by atoms with Crippen molar-refractivity contribution in [1.29, 1.82) is 0 Å². The fourth-order valence-corrected chi connectivity index (χ4v) is 1.93. The van der Waals surface area contributed by atoms with Crippen LogP contribution in [0, 0.1) is 5.92 Å². The summed E-state index contributed by atoms with van der Waals surface area (Å²) in [5.41, 5.74) is 0.633. The summed E-state index contributed by atoms with van der Waals surface area (Å²) in [5, 5.41) is 3.18. The van der Waals surface area contributed by atoms with Gasteiger partial charge in [0.25, 0.3) is 6.01 Å².